The summed E-state index contributed by atoms with van der Waals surface area (Å²) in [5.41, 5.74) is 2.52. The Morgan fingerprint density at radius 1 is 1.00 bits per heavy atom. The molecule has 2 aromatic carbocycles. The molecule has 0 aliphatic heterocycles. The number of aliphatic hydroxyl groups excluding tert-OH is 1. The van der Waals surface area contributed by atoms with Gasteiger partial charge in [0.2, 0.25) is 0 Å². The lowest BCUT2D eigenvalue weighted by Crippen LogP contribution is -2.06. The van der Waals surface area contributed by atoms with Crippen molar-refractivity contribution in [2.24, 2.45) is 0 Å². The van der Waals surface area contributed by atoms with Gasteiger partial charge in [-0.05, 0) is 30.3 Å². The molecule has 5 nitrogen and oxygen atoms in total. The number of rotatable bonds is 6. The highest BCUT2D eigenvalue weighted by molar-refractivity contribution is 6.30. The molecule has 0 radical (unpaired) electrons. The molecule has 4 aromatic rings. The van der Waals surface area contributed by atoms with Crippen LogP contribution >= 0.6 is 11.6 Å². The number of ether oxygens (including phenoxy) is 1. The summed E-state index contributed by atoms with van der Waals surface area (Å²) in [5, 5.41) is 15.8. The smallest absolute Gasteiger partial charge is 0.180 e. The average Bonchev–Trinajstić information content (AvgIpc) is 3.17. The summed E-state index contributed by atoms with van der Waals surface area (Å²) < 4.78 is 11.4. The lowest BCUT2D eigenvalue weighted by molar-refractivity contribution is 0.205. The molecule has 0 aliphatic carbocycles. The fourth-order valence-corrected chi connectivity index (χ4v) is 3.03. The second kappa shape index (κ2) is 8.25. The first kappa shape index (κ1) is 18.2. The summed E-state index contributed by atoms with van der Waals surface area (Å²) in [6, 6.07) is 20.2. The molecular formula is C22H17ClN2O3. The van der Waals surface area contributed by atoms with Crippen molar-refractivity contribution in [3.63, 3.8) is 0 Å². The van der Waals surface area contributed by atoms with Crippen LogP contribution in [0.4, 0.5) is 0 Å². The normalized spacial score (nSPS) is 11.9. The number of hydrogen-bond donors (Lipinski definition) is 1. The minimum Gasteiger partial charge on any atom is -0.486 e. The number of benzene rings is 2. The monoisotopic (exact) mass is 392 g/mol. The largest absolute Gasteiger partial charge is 0.486 e. The van der Waals surface area contributed by atoms with Gasteiger partial charge in [0, 0.05) is 28.5 Å². The highest BCUT2D eigenvalue weighted by atomic mass is 35.5. The fourth-order valence-electron chi connectivity index (χ4n) is 2.90. The maximum absolute atomic E-state index is 11.0. The number of para-hydroxylation sites is 1. The van der Waals surface area contributed by atoms with Crippen molar-refractivity contribution >= 4 is 11.6 Å². The van der Waals surface area contributed by atoms with E-state index in [0.29, 0.717) is 33.4 Å². The van der Waals surface area contributed by atoms with Crippen LogP contribution in [0, 0.1) is 0 Å². The van der Waals surface area contributed by atoms with Crippen LogP contribution in [-0.2, 0) is 6.61 Å². The molecule has 28 heavy (non-hydrogen) atoms. The molecule has 6 heteroatoms. The summed E-state index contributed by atoms with van der Waals surface area (Å²) >= 11 is 6.00. The van der Waals surface area contributed by atoms with Gasteiger partial charge >= 0.3 is 0 Å². The molecule has 2 heterocycles. The zero-order valence-corrected chi connectivity index (χ0v) is 15.6. The SMILES string of the molecule is OC(c1cccnc1)c1c(-c2ccc(Cl)cc2)noc1COc1ccccc1. The third kappa shape index (κ3) is 3.91. The number of aromatic nitrogens is 2. The van der Waals surface area contributed by atoms with Crippen LogP contribution in [0.25, 0.3) is 11.3 Å². The van der Waals surface area contributed by atoms with Gasteiger partial charge < -0.3 is 14.4 Å². The van der Waals surface area contributed by atoms with Gasteiger partial charge in [0.05, 0.1) is 5.56 Å². The van der Waals surface area contributed by atoms with Crippen LogP contribution in [0.1, 0.15) is 23.0 Å². The minimum atomic E-state index is -0.958. The lowest BCUT2D eigenvalue weighted by Gasteiger charge is -2.13. The van der Waals surface area contributed by atoms with Gasteiger partial charge in [-0.15, -0.1) is 0 Å². The van der Waals surface area contributed by atoms with Crippen molar-refractivity contribution in [3.8, 4) is 17.0 Å². The molecule has 2 aromatic heterocycles. The van der Waals surface area contributed by atoms with E-state index in [-0.39, 0.29) is 6.61 Å². The van der Waals surface area contributed by atoms with Gasteiger partial charge in [0.25, 0.3) is 0 Å². The van der Waals surface area contributed by atoms with Crippen LogP contribution in [0.2, 0.25) is 5.02 Å². The Morgan fingerprint density at radius 2 is 1.79 bits per heavy atom. The molecule has 0 spiro atoms. The van der Waals surface area contributed by atoms with Gasteiger partial charge in [-0.25, -0.2) is 0 Å². The third-order valence-corrected chi connectivity index (χ3v) is 4.56. The van der Waals surface area contributed by atoms with E-state index in [9.17, 15) is 5.11 Å². The summed E-state index contributed by atoms with van der Waals surface area (Å²) in [5.74, 6) is 1.15. The van der Waals surface area contributed by atoms with Gasteiger partial charge in [-0.3, -0.25) is 4.98 Å². The molecule has 1 unspecified atom stereocenters. The Kier molecular flexibility index (Phi) is 5.37. The summed E-state index contributed by atoms with van der Waals surface area (Å²) in [6.45, 7) is 0.136. The Balaban J connectivity index is 1.72. The number of pyridine rings is 1. The van der Waals surface area contributed by atoms with Gasteiger partial charge in [0.1, 0.15) is 24.2 Å². The average molecular weight is 393 g/mol. The molecular weight excluding hydrogens is 376 g/mol. The van der Waals surface area contributed by atoms with Crippen LogP contribution in [-0.4, -0.2) is 15.2 Å². The minimum absolute atomic E-state index is 0.136. The van der Waals surface area contributed by atoms with E-state index in [1.807, 2.05) is 42.5 Å². The van der Waals surface area contributed by atoms with Gasteiger partial charge in [-0.2, -0.15) is 0 Å². The van der Waals surface area contributed by atoms with E-state index in [1.54, 1.807) is 36.7 Å². The zero-order chi connectivity index (χ0) is 19.3. The lowest BCUT2D eigenvalue weighted by atomic mass is 9.97. The Labute approximate surface area is 167 Å². The molecule has 0 bridgehead atoms. The van der Waals surface area contributed by atoms with Crippen LogP contribution in [0.3, 0.4) is 0 Å². The fraction of sp³-hybridized carbons (Fsp3) is 0.0909. The van der Waals surface area contributed by atoms with Crippen molar-refractivity contribution in [2.75, 3.05) is 0 Å². The molecule has 1 atom stereocenters. The number of aliphatic hydroxyl groups is 1. The van der Waals surface area contributed by atoms with Crippen molar-refractivity contribution in [1.82, 2.24) is 10.1 Å². The summed E-state index contributed by atoms with van der Waals surface area (Å²) in [7, 11) is 0. The molecule has 140 valence electrons. The number of halogens is 1. The van der Waals surface area contributed by atoms with Crippen LogP contribution in [0.15, 0.2) is 83.6 Å². The standard InChI is InChI=1S/C22H17ClN2O3/c23-17-10-8-15(9-11-17)21-20(22(26)16-5-4-12-24-13-16)19(28-25-21)14-27-18-6-2-1-3-7-18/h1-13,22,26H,14H2. The summed E-state index contributed by atoms with van der Waals surface area (Å²) in [4.78, 5) is 4.09. The molecule has 0 amide bonds. The predicted molar refractivity (Wildman–Crippen MR) is 106 cm³/mol. The van der Waals surface area contributed by atoms with E-state index in [1.165, 1.54) is 0 Å². The number of hydrogen-bond acceptors (Lipinski definition) is 5. The molecule has 1 N–H and O–H groups in total. The maximum Gasteiger partial charge on any atom is 0.180 e. The van der Waals surface area contributed by atoms with Gasteiger partial charge in [0.15, 0.2) is 5.76 Å². The van der Waals surface area contributed by atoms with Crippen molar-refractivity contribution in [3.05, 3.63) is 101 Å². The van der Waals surface area contributed by atoms with Crippen LogP contribution < -0.4 is 4.74 Å². The highest BCUT2D eigenvalue weighted by Crippen LogP contribution is 2.35. The summed E-state index contributed by atoms with van der Waals surface area (Å²) in [6.07, 6.45) is 2.31. The van der Waals surface area contributed by atoms with E-state index in [0.717, 1.165) is 5.56 Å². The zero-order valence-electron chi connectivity index (χ0n) is 14.8. The van der Waals surface area contributed by atoms with E-state index in [2.05, 4.69) is 10.1 Å². The molecule has 0 aliphatic rings. The Bertz CT molecular complexity index is 1030. The van der Waals surface area contributed by atoms with E-state index >= 15 is 0 Å². The van der Waals surface area contributed by atoms with E-state index in [4.69, 9.17) is 20.9 Å². The first-order chi connectivity index (χ1) is 13.7. The Morgan fingerprint density at radius 3 is 2.50 bits per heavy atom. The van der Waals surface area contributed by atoms with Crippen LogP contribution in [0.5, 0.6) is 5.75 Å². The first-order valence-electron chi connectivity index (χ1n) is 8.72. The van der Waals surface area contributed by atoms with Gasteiger partial charge in [-0.1, -0.05) is 53.2 Å². The molecule has 0 saturated heterocycles. The number of nitrogens with zero attached hydrogens (tertiary/aromatic N) is 2. The van der Waals surface area contributed by atoms with Crippen molar-refractivity contribution < 1.29 is 14.4 Å². The third-order valence-electron chi connectivity index (χ3n) is 4.31. The first-order valence-corrected chi connectivity index (χ1v) is 9.10. The van der Waals surface area contributed by atoms with E-state index < -0.39 is 6.10 Å². The topological polar surface area (TPSA) is 68.4 Å². The Hall–Kier alpha value is -3.15. The maximum atomic E-state index is 11.0. The second-order valence-corrected chi connectivity index (χ2v) is 6.60. The van der Waals surface area contributed by atoms with Crippen molar-refractivity contribution in [1.29, 1.82) is 0 Å². The predicted octanol–water partition coefficient (Wildman–Crippen LogP) is 5.05. The highest BCUT2D eigenvalue weighted by Gasteiger charge is 2.26. The molecule has 0 fully saturated rings. The van der Waals surface area contributed by atoms with Crippen molar-refractivity contribution in [2.45, 2.75) is 12.7 Å². The second-order valence-electron chi connectivity index (χ2n) is 6.17. The molecule has 4 rings (SSSR count). The molecule has 0 saturated carbocycles. The quantitative estimate of drug-likeness (QED) is 0.497.